The highest BCUT2D eigenvalue weighted by Gasteiger charge is 2.18. The third-order valence-corrected chi connectivity index (χ3v) is 5.32. The number of aromatic nitrogens is 2. The summed E-state index contributed by atoms with van der Waals surface area (Å²) in [6.45, 7) is 9.46. The van der Waals surface area contributed by atoms with Gasteiger partial charge in [-0.1, -0.05) is 19.9 Å². The van der Waals surface area contributed by atoms with E-state index < -0.39 is 0 Å². The monoisotopic (exact) mass is 396 g/mol. The fourth-order valence-corrected chi connectivity index (χ4v) is 3.68. The second kappa shape index (κ2) is 7.98. The molecule has 0 saturated heterocycles. The molecule has 2 aromatic heterocycles. The van der Waals surface area contributed by atoms with Crippen molar-refractivity contribution in [3.8, 4) is 5.13 Å². The van der Waals surface area contributed by atoms with Crippen molar-refractivity contribution in [1.29, 1.82) is 0 Å². The van der Waals surface area contributed by atoms with Crippen LogP contribution in [-0.2, 0) is 4.79 Å². The van der Waals surface area contributed by atoms with Crippen molar-refractivity contribution in [3.05, 3.63) is 58.4 Å². The van der Waals surface area contributed by atoms with E-state index in [1.807, 2.05) is 62.8 Å². The first-order valence-electron chi connectivity index (χ1n) is 9.09. The van der Waals surface area contributed by atoms with Crippen LogP contribution < -0.4 is 10.6 Å². The summed E-state index contributed by atoms with van der Waals surface area (Å²) in [4.78, 5) is 29.2. The summed E-state index contributed by atoms with van der Waals surface area (Å²) < 4.78 is 1.98. The van der Waals surface area contributed by atoms with Gasteiger partial charge in [0.25, 0.3) is 5.91 Å². The van der Waals surface area contributed by atoms with Crippen LogP contribution in [0.4, 0.5) is 11.4 Å². The molecular formula is C21H24N4O2S. The molecule has 3 rings (SSSR count). The van der Waals surface area contributed by atoms with Crippen molar-refractivity contribution in [3.63, 3.8) is 0 Å². The lowest BCUT2D eigenvalue weighted by Gasteiger charge is -2.13. The zero-order chi connectivity index (χ0) is 20.4. The second-order valence-corrected chi connectivity index (χ2v) is 7.94. The number of hydrogen-bond donors (Lipinski definition) is 2. The average molecular weight is 397 g/mol. The smallest absolute Gasteiger partial charge is 0.257 e. The Morgan fingerprint density at radius 2 is 1.86 bits per heavy atom. The second-order valence-electron chi connectivity index (χ2n) is 7.06. The molecule has 0 bridgehead atoms. The van der Waals surface area contributed by atoms with Gasteiger partial charge in [0.05, 0.1) is 5.56 Å². The number of benzene rings is 1. The molecule has 0 radical (unpaired) electrons. The van der Waals surface area contributed by atoms with E-state index in [4.69, 9.17) is 0 Å². The van der Waals surface area contributed by atoms with Gasteiger partial charge < -0.3 is 10.6 Å². The summed E-state index contributed by atoms with van der Waals surface area (Å²) in [6.07, 6.45) is 1.75. The topological polar surface area (TPSA) is 76.0 Å². The number of rotatable bonds is 5. The summed E-state index contributed by atoms with van der Waals surface area (Å²) in [6, 6.07) is 7.36. The summed E-state index contributed by atoms with van der Waals surface area (Å²) in [5.74, 6) is -0.366. The first-order chi connectivity index (χ1) is 13.3. The van der Waals surface area contributed by atoms with Gasteiger partial charge in [0.2, 0.25) is 5.91 Å². The number of carbonyl (C=O) groups excluding carboxylic acids is 2. The number of amides is 2. The molecule has 7 heteroatoms. The molecule has 1 aromatic carbocycles. The van der Waals surface area contributed by atoms with Crippen molar-refractivity contribution in [2.24, 2.45) is 5.92 Å². The highest BCUT2D eigenvalue weighted by Crippen LogP contribution is 2.25. The van der Waals surface area contributed by atoms with Gasteiger partial charge in [-0.15, -0.1) is 11.3 Å². The molecule has 2 amide bonds. The molecule has 0 spiro atoms. The van der Waals surface area contributed by atoms with Gasteiger partial charge in [-0.25, -0.2) is 4.98 Å². The molecule has 28 heavy (non-hydrogen) atoms. The van der Waals surface area contributed by atoms with Gasteiger partial charge >= 0.3 is 0 Å². The zero-order valence-corrected chi connectivity index (χ0v) is 17.5. The summed E-state index contributed by atoms with van der Waals surface area (Å²) in [5, 5.41) is 8.59. The highest BCUT2D eigenvalue weighted by atomic mass is 32.1. The molecule has 6 nitrogen and oxygen atoms in total. The van der Waals surface area contributed by atoms with Gasteiger partial charge in [0, 0.05) is 40.3 Å². The average Bonchev–Trinajstić information content (AvgIpc) is 3.25. The predicted octanol–water partition coefficient (Wildman–Crippen LogP) is 4.71. The van der Waals surface area contributed by atoms with Gasteiger partial charge in [-0.3, -0.25) is 14.2 Å². The van der Waals surface area contributed by atoms with E-state index in [0.717, 1.165) is 22.1 Å². The van der Waals surface area contributed by atoms with Gasteiger partial charge in [-0.2, -0.15) is 0 Å². The molecule has 0 saturated carbocycles. The van der Waals surface area contributed by atoms with E-state index in [9.17, 15) is 9.59 Å². The number of nitrogens with one attached hydrogen (secondary N) is 2. The van der Waals surface area contributed by atoms with E-state index in [-0.39, 0.29) is 17.7 Å². The fraction of sp³-hybridized carbons (Fsp3) is 0.286. The lowest BCUT2D eigenvalue weighted by atomic mass is 10.1. The number of anilines is 2. The molecular weight excluding hydrogens is 372 g/mol. The minimum atomic E-state index is -0.189. The Morgan fingerprint density at radius 3 is 2.50 bits per heavy atom. The highest BCUT2D eigenvalue weighted by molar-refractivity contribution is 7.12. The third kappa shape index (κ3) is 3.99. The van der Waals surface area contributed by atoms with Crippen LogP contribution in [0.2, 0.25) is 0 Å². The first-order valence-corrected chi connectivity index (χ1v) is 9.97. The molecule has 0 fully saturated rings. The quantitative estimate of drug-likeness (QED) is 0.656. The van der Waals surface area contributed by atoms with E-state index in [0.29, 0.717) is 16.9 Å². The number of aryl methyl sites for hydroxylation is 2. The van der Waals surface area contributed by atoms with Crippen molar-refractivity contribution < 1.29 is 9.59 Å². The maximum atomic E-state index is 12.9. The largest absolute Gasteiger partial charge is 0.326 e. The lowest BCUT2D eigenvalue weighted by Crippen LogP contribution is -2.18. The maximum absolute atomic E-state index is 12.9. The molecule has 0 unspecified atom stereocenters. The molecule has 2 N–H and O–H groups in total. The molecule has 3 aromatic rings. The van der Waals surface area contributed by atoms with E-state index in [1.165, 1.54) is 11.3 Å². The Bertz CT molecular complexity index is 1020. The Labute approximate surface area is 168 Å². The molecule has 0 atom stereocenters. The van der Waals surface area contributed by atoms with Crippen molar-refractivity contribution in [2.75, 3.05) is 10.6 Å². The molecule has 0 aliphatic rings. The number of hydrogen-bond acceptors (Lipinski definition) is 4. The SMILES string of the molecule is Cc1ccc(NC(=O)C(C)C)cc1NC(=O)c1cc(C)n(-c2nccs2)c1C. The van der Waals surface area contributed by atoms with E-state index in [1.54, 1.807) is 12.3 Å². The van der Waals surface area contributed by atoms with Crippen molar-refractivity contribution in [2.45, 2.75) is 34.6 Å². The lowest BCUT2D eigenvalue weighted by molar-refractivity contribution is -0.118. The van der Waals surface area contributed by atoms with Gasteiger partial charge in [0.1, 0.15) is 0 Å². The minimum Gasteiger partial charge on any atom is -0.326 e. The number of carbonyl (C=O) groups is 2. The molecule has 0 aliphatic heterocycles. The van der Waals surface area contributed by atoms with E-state index >= 15 is 0 Å². The van der Waals surface area contributed by atoms with Crippen LogP contribution in [0.3, 0.4) is 0 Å². The van der Waals surface area contributed by atoms with Crippen LogP contribution in [0.5, 0.6) is 0 Å². The molecule has 146 valence electrons. The van der Waals surface area contributed by atoms with Crippen LogP contribution >= 0.6 is 11.3 Å². The van der Waals surface area contributed by atoms with Crippen LogP contribution in [-0.4, -0.2) is 21.4 Å². The fourth-order valence-electron chi connectivity index (χ4n) is 2.92. The van der Waals surface area contributed by atoms with Gasteiger partial charge in [-0.05, 0) is 44.5 Å². The normalized spacial score (nSPS) is 10.9. The Morgan fingerprint density at radius 1 is 1.11 bits per heavy atom. The summed E-state index contributed by atoms with van der Waals surface area (Å²) >= 11 is 1.53. The first kappa shape index (κ1) is 19.8. The van der Waals surface area contributed by atoms with Crippen LogP contribution in [0.25, 0.3) is 5.13 Å². The van der Waals surface area contributed by atoms with Crippen molar-refractivity contribution >= 4 is 34.5 Å². The molecule has 0 aliphatic carbocycles. The predicted molar refractivity (Wildman–Crippen MR) is 114 cm³/mol. The third-order valence-electron chi connectivity index (χ3n) is 4.56. The van der Waals surface area contributed by atoms with Crippen molar-refractivity contribution in [1.82, 2.24) is 9.55 Å². The summed E-state index contributed by atoms with van der Waals surface area (Å²) in [7, 11) is 0. The van der Waals surface area contributed by atoms with Crippen LogP contribution in [0.15, 0.2) is 35.8 Å². The van der Waals surface area contributed by atoms with Gasteiger partial charge in [0.15, 0.2) is 5.13 Å². The molecule has 2 heterocycles. The Hall–Kier alpha value is -2.93. The number of nitrogens with zero attached hydrogens (tertiary/aromatic N) is 2. The minimum absolute atomic E-state index is 0.0619. The number of thiazole rings is 1. The maximum Gasteiger partial charge on any atom is 0.257 e. The standard InChI is InChI=1S/C21H24N4O2S/c1-12(2)19(26)23-16-7-6-13(3)18(11-16)24-20(27)17-10-14(4)25(15(17)5)21-22-8-9-28-21/h6-12H,1-5H3,(H,23,26)(H,24,27). The Kier molecular flexibility index (Phi) is 5.65. The summed E-state index contributed by atoms with van der Waals surface area (Å²) in [5.41, 5.74) is 4.64. The van der Waals surface area contributed by atoms with E-state index in [2.05, 4.69) is 15.6 Å². The Balaban J connectivity index is 1.86. The van der Waals surface area contributed by atoms with Crippen LogP contribution in [0.1, 0.15) is 41.2 Å². The van der Waals surface area contributed by atoms with Crippen LogP contribution in [0, 0.1) is 26.7 Å². The zero-order valence-electron chi connectivity index (χ0n) is 16.7.